The van der Waals surface area contributed by atoms with Gasteiger partial charge in [0, 0.05) is 12.8 Å². The summed E-state index contributed by atoms with van der Waals surface area (Å²) in [6, 6.07) is 0. The first-order chi connectivity index (χ1) is 31.6. The first-order valence-electron chi connectivity index (χ1n) is 28.2. The third kappa shape index (κ3) is 52.5. The first kappa shape index (κ1) is 61.9. The molecule has 0 aromatic heterocycles. The zero-order valence-electron chi connectivity index (χ0n) is 42.8. The Hall–Kier alpha value is -2.14. The van der Waals surface area contributed by atoms with Crippen molar-refractivity contribution >= 4 is 11.9 Å². The van der Waals surface area contributed by atoms with Gasteiger partial charge in [0.05, 0.1) is 6.61 Å². The number of hydrogen-bond donors (Lipinski definition) is 1. The molecule has 0 saturated carbocycles. The summed E-state index contributed by atoms with van der Waals surface area (Å²) in [5.41, 5.74) is 0. The highest BCUT2D eigenvalue weighted by atomic mass is 16.6. The molecule has 64 heavy (non-hydrogen) atoms. The molecule has 0 aliphatic rings. The van der Waals surface area contributed by atoms with Gasteiger partial charge in [0.25, 0.3) is 0 Å². The van der Waals surface area contributed by atoms with Gasteiger partial charge in [-0.05, 0) is 77.0 Å². The van der Waals surface area contributed by atoms with E-state index >= 15 is 0 Å². The van der Waals surface area contributed by atoms with Crippen LogP contribution in [0.3, 0.4) is 0 Å². The summed E-state index contributed by atoms with van der Waals surface area (Å²) in [5.74, 6) is -0.581. The van der Waals surface area contributed by atoms with E-state index in [2.05, 4.69) is 62.5 Å². The molecule has 0 bridgehead atoms. The zero-order valence-corrected chi connectivity index (χ0v) is 42.8. The minimum atomic E-state index is -0.773. The van der Waals surface area contributed by atoms with E-state index in [1.54, 1.807) is 0 Å². The fourth-order valence-electron chi connectivity index (χ4n) is 8.32. The Labute approximate surface area is 398 Å². The molecule has 0 amide bonds. The Kier molecular flexibility index (Phi) is 53.3. The number of carbonyl (C=O) groups is 2. The van der Waals surface area contributed by atoms with Gasteiger partial charge in [-0.3, -0.25) is 9.59 Å². The van der Waals surface area contributed by atoms with Crippen molar-refractivity contribution < 1.29 is 24.2 Å². The second-order valence-corrected chi connectivity index (χ2v) is 19.0. The van der Waals surface area contributed by atoms with Crippen molar-refractivity contribution in [2.75, 3.05) is 13.2 Å². The number of ether oxygens (including phenoxy) is 2. The number of aliphatic hydroxyl groups excluding tert-OH is 1. The Morgan fingerprint density at radius 1 is 0.359 bits per heavy atom. The van der Waals surface area contributed by atoms with Gasteiger partial charge in [-0.25, -0.2) is 0 Å². The van der Waals surface area contributed by atoms with E-state index < -0.39 is 6.10 Å². The van der Waals surface area contributed by atoms with Crippen LogP contribution in [-0.4, -0.2) is 36.4 Å². The molecule has 0 saturated heterocycles. The quantitative estimate of drug-likeness (QED) is 0.0374. The third-order valence-electron chi connectivity index (χ3n) is 12.6. The van der Waals surface area contributed by atoms with Crippen LogP contribution in [0.15, 0.2) is 48.6 Å². The van der Waals surface area contributed by atoms with Crippen LogP contribution in [0.4, 0.5) is 0 Å². The molecule has 1 N–H and O–H groups in total. The molecule has 0 aromatic rings. The Morgan fingerprint density at radius 3 is 0.922 bits per heavy atom. The van der Waals surface area contributed by atoms with Crippen molar-refractivity contribution in [3.05, 3.63) is 48.6 Å². The van der Waals surface area contributed by atoms with Gasteiger partial charge in [-0.1, -0.05) is 255 Å². The number of allylic oxidation sites excluding steroid dienone is 8. The summed E-state index contributed by atoms with van der Waals surface area (Å²) in [4.78, 5) is 24.5. The minimum absolute atomic E-state index is 0.0648. The number of hydrogen-bond acceptors (Lipinski definition) is 5. The molecule has 0 radical (unpaired) electrons. The highest BCUT2D eigenvalue weighted by Gasteiger charge is 2.16. The molecule has 5 nitrogen and oxygen atoms in total. The lowest BCUT2D eigenvalue weighted by Gasteiger charge is -2.15. The SMILES string of the molecule is CCCCCCC/C=C\C/C=C\CCCCCCCCCCCCCCCCCC(=O)OC(CO)COC(=O)CCCCCCCCCCCCC/C=C\C/C=C\CCCCCCC. The van der Waals surface area contributed by atoms with Gasteiger partial charge in [0.1, 0.15) is 6.61 Å². The maximum Gasteiger partial charge on any atom is 0.306 e. The number of carbonyl (C=O) groups excluding carboxylic acids is 2. The third-order valence-corrected chi connectivity index (χ3v) is 12.6. The molecule has 1 unspecified atom stereocenters. The monoisotopic (exact) mass is 897 g/mol. The molecule has 0 spiro atoms. The van der Waals surface area contributed by atoms with E-state index in [-0.39, 0.29) is 25.2 Å². The largest absolute Gasteiger partial charge is 0.462 e. The maximum absolute atomic E-state index is 12.3. The Balaban J connectivity index is 3.46. The van der Waals surface area contributed by atoms with Gasteiger partial charge in [0.2, 0.25) is 0 Å². The molecular weight excluding hydrogens is 789 g/mol. The molecule has 5 heteroatoms. The van der Waals surface area contributed by atoms with Crippen molar-refractivity contribution in [1.82, 2.24) is 0 Å². The van der Waals surface area contributed by atoms with Crippen molar-refractivity contribution in [3.8, 4) is 0 Å². The van der Waals surface area contributed by atoms with E-state index in [9.17, 15) is 14.7 Å². The number of esters is 2. The highest BCUT2D eigenvalue weighted by Crippen LogP contribution is 2.16. The number of rotatable bonds is 52. The average molecular weight is 898 g/mol. The lowest BCUT2D eigenvalue weighted by molar-refractivity contribution is -0.161. The maximum atomic E-state index is 12.3. The fourth-order valence-corrected chi connectivity index (χ4v) is 8.32. The van der Waals surface area contributed by atoms with Gasteiger partial charge in [0.15, 0.2) is 6.10 Å². The highest BCUT2D eigenvalue weighted by molar-refractivity contribution is 5.70. The summed E-state index contributed by atoms with van der Waals surface area (Å²) < 4.78 is 10.7. The molecule has 0 rings (SSSR count). The van der Waals surface area contributed by atoms with E-state index in [0.717, 1.165) is 51.4 Å². The molecule has 374 valence electrons. The summed E-state index contributed by atoms with van der Waals surface area (Å²) in [6.45, 7) is 4.15. The smallest absolute Gasteiger partial charge is 0.306 e. The van der Waals surface area contributed by atoms with E-state index in [1.165, 1.54) is 218 Å². The molecule has 0 aromatic carbocycles. The van der Waals surface area contributed by atoms with Crippen molar-refractivity contribution in [3.63, 3.8) is 0 Å². The molecule has 0 aliphatic carbocycles. The van der Waals surface area contributed by atoms with Crippen molar-refractivity contribution in [1.29, 1.82) is 0 Å². The van der Waals surface area contributed by atoms with Crippen LogP contribution in [0.5, 0.6) is 0 Å². The molecular formula is C59H108O5. The van der Waals surface area contributed by atoms with Gasteiger partial charge in [-0.2, -0.15) is 0 Å². The topological polar surface area (TPSA) is 72.8 Å². The summed E-state index contributed by atoms with van der Waals surface area (Å²) in [6.07, 6.45) is 72.2. The number of unbranched alkanes of at least 4 members (excludes halogenated alkanes) is 36. The summed E-state index contributed by atoms with van der Waals surface area (Å²) >= 11 is 0. The molecule has 1 atom stereocenters. The van der Waals surface area contributed by atoms with Crippen LogP contribution in [0.1, 0.15) is 296 Å². The standard InChI is InChI=1S/C59H108O5/c1-3-5-7-9-11-13-15-17-19-21-23-25-27-28-29-30-32-34-36-38-40-42-44-46-48-50-52-54-59(62)64-57(55-60)56-63-58(61)53-51-49-47-45-43-41-39-37-35-33-31-26-24-22-20-18-16-14-12-10-8-6-4-2/h15-18,21-24,57,60H,3-14,19-20,25-56H2,1-2H3/b17-15-,18-16-,23-21-,24-22-. The summed E-state index contributed by atoms with van der Waals surface area (Å²) in [7, 11) is 0. The van der Waals surface area contributed by atoms with E-state index in [1.807, 2.05) is 0 Å². The fraction of sp³-hybridized carbons (Fsp3) is 0.831. The van der Waals surface area contributed by atoms with Gasteiger partial charge < -0.3 is 14.6 Å². The van der Waals surface area contributed by atoms with Crippen LogP contribution >= 0.6 is 0 Å². The predicted octanol–water partition coefficient (Wildman–Crippen LogP) is 18.9. The average Bonchev–Trinajstić information content (AvgIpc) is 3.30. The molecule has 0 fully saturated rings. The Morgan fingerprint density at radius 2 is 0.625 bits per heavy atom. The van der Waals surface area contributed by atoms with Crippen LogP contribution < -0.4 is 0 Å². The first-order valence-corrected chi connectivity index (χ1v) is 28.2. The second kappa shape index (κ2) is 55.2. The minimum Gasteiger partial charge on any atom is -0.462 e. The van der Waals surface area contributed by atoms with Crippen molar-refractivity contribution in [2.24, 2.45) is 0 Å². The number of aliphatic hydroxyl groups is 1. The summed E-state index contributed by atoms with van der Waals surface area (Å²) in [5, 5.41) is 9.65. The lowest BCUT2D eigenvalue weighted by atomic mass is 10.0. The van der Waals surface area contributed by atoms with Crippen LogP contribution in [0, 0.1) is 0 Å². The van der Waals surface area contributed by atoms with Crippen LogP contribution in [-0.2, 0) is 19.1 Å². The van der Waals surface area contributed by atoms with Gasteiger partial charge in [-0.15, -0.1) is 0 Å². The van der Waals surface area contributed by atoms with E-state index in [0.29, 0.717) is 12.8 Å². The molecule has 0 heterocycles. The normalized spacial score (nSPS) is 12.5. The van der Waals surface area contributed by atoms with Crippen LogP contribution in [0.2, 0.25) is 0 Å². The van der Waals surface area contributed by atoms with E-state index in [4.69, 9.17) is 9.47 Å². The van der Waals surface area contributed by atoms with Gasteiger partial charge >= 0.3 is 11.9 Å². The Bertz CT molecular complexity index is 1060. The molecule has 0 aliphatic heterocycles. The van der Waals surface area contributed by atoms with Crippen LogP contribution in [0.25, 0.3) is 0 Å². The lowest BCUT2D eigenvalue weighted by Crippen LogP contribution is -2.28. The predicted molar refractivity (Wildman–Crippen MR) is 279 cm³/mol. The second-order valence-electron chi connectivity index (χ2n) is 19.0. The zero-order chi connectivity index (χ0) is 46.3. The van der Waals surface area contributed by atoms with Crippen molar-refractivity contribution in [2.45, 2.75) is 302 Å².